The van der Waals surface area contributed by atoms with Crippen LogP contribution in [0.1, 0.15) is 34.3 Å². The Kier molecular flexibility index (Phi) is 5.28. The van der Waals surface area contributed by atoms with E-state index in [0.717, 1.165) is 5.56 Å². The third-order valence-corrected chi connectivity index (χ3v) is 4.26. The van der Waals surface area contributed by atoms with Crippen molar-refractivity contribution in [3.8, 4) is 0 Å². The minimum Gasteiger partial charge on any atom is -0.388 e. The molecule has 2 rings (SSSR count). The van der Waals surface area contributed by atoms with Gasteiger partial charge in [-0.2, -0.15) is 0 Å². The topological polar surface area (TPSA) is 46.2 Å². The molecule has 0 aromatic heterocycles. The minimum absolute atomic E-state index is 0.196. The molecule has 21 heavy (non-hydrogen) atoms. The molecular weight excluding hydrogens is 305 g/mol. The van der Waals surface area contributed by atoms with Gasteiger partial charge in [-0.25, -0.2) is 0 Å². The van der Waals surface area contributed by atoms with Gasteiger partial charge in [-0.1, -0.05) is 41.4 Å². The Labute approximate surface area is 135 Å². The van der Waals surface area contributed by atoms with Crippen molar-refractivity contribution >= 4 is 23.2 Å². The van der Waals surface area contributed by atoms with Gasteiger partial charge in [0.05, 0.1) is 6.10 Å². The highest BCUT2D eigenvalue weighted by Crippen LogP contribution is 2.33. The van der Waals surface area contributed by atoms with Gasteiger partial charge < -0.3 is 10.8 Å². The van der Waals surface area contributed by atoms with Crippen LogP contribution in [-0.4, -0.2) is 11.7 Å². The Morgan fingerprint density at radius 1 is 0.952 bits per heavy atom. The van der Waals surface area contributed by atoms with Crippen molar-refractivity contribution in [1.29, 1.82) is 0 Å². The molecule has 0 bridgehead atoms. The molecule has 112 valence electrons. The lowest BCUT2D eigenvalue weighted by Crippen LogP contribution is -2.20. The van der Waals surface area contributed by atoms with Gasteiger partial charge in [0.2, 0.25) is 0 Å². The van der Waals surface area contributed by atoms with E-state index >= 15 is 0 Å². The van der Waals surface area contributed by atoms with Crippen LogP contribution in [0.25, 0.3) is 0 Å². The zero-order valence-corrected chi connectivity index (χ0v) is 13.6. The zero-order valence-electron chi connectivity index (χ0n) is 12.1. The van der Waals surface area contributed by atoms with Crippen LogP contribution in [0, 0.1) is 13.8 Å². The molecule has 4 heteroatoms. The van der Waals surface area contributed by atoms with Crippen LogP contribution in [-0.2, 0) is 0 Å². The Balaban J connectivity index is 2.37. The second kappa shape index (κ2) is 6.80. The third-order valence-electron chi connectivity index (χ3n) is 3.82. The van der Waals surface area contributed by atoms with Crippen molar-refractivity contribution in [2.75, 3.05) is 6.54 Å². The van der Waals surface area contributed by atoms with E-state index in [-0.39, 0.29) is 5.92 Å². The predicted molar refractivity (Wildman–Crippen MR) is 89.1 cm³/mol. The Morgan fingerprint density at radius 2 is 1.57 bits per heavy atom. The summed E-state index contributed by atoms with van der Waals surface area (Å²) in [6, 6.07) is 11.2. The van der Waals surface area contributed by atoms with E-state index in [2.05, 4.69) is 19.9 Å². The largest absolute Gasteiger partial charge is 0.388 e. The van der Waals surface area contributed by atoms with E-state index in [9.17, 15) is 5.11 Å². The molecule has 0 aliphatic rings. The maximum absolute atomic E-state index is 10.6. The van der Waals surface area contributed by atoms with Gasteiger partial charge >= 0.3 is 0 Å². The van der Waals surface area contributed by atoms with Crippen molar-refractivity contribution < 1.29 is 5.11 Å². The highest BCUT2D eigenvalue weighted by molar-refractivity contribution is 6.34. The highest BCUT2D eigenvalue weighted by atomic mass is 35.5. The van der Waals surface area contributed by atoms with Gasteiger partial charge in [0.15, 0.2) is 0 Å². The van der Waals surface area contributed by atoms with Crippen molar-refractivity contribution in [1.82, 2.24) is 0 Å². The molecule has 2 atom stereocenters. The quantitative estimate of drug-likeness (QED) is 0.876. The smallest absolute Gasteiger partial charge is 0.0871 e. The normalized spacial score (nSPS) is 14.0. The number of aliphatic hydroxyl groups excluding tert-OH is 1. The lowest BCUT2D eigenvalue weighted by molar-refractivity contribution is 0.147. The summed E-state index contributed by atoms with van der Waals surface area (Å²) in [6.45, 7) is 4.45. The molecule has 0 saturated heterocycles. The van der Waals surface area contributed by atoms with Gasteiger partial charge in [-0.05, 0) is 54.3 Å². The summed E-state index contributed by atoms with van der Waals surface area (Å²) in [5.41, 5.74) is 9.98. The first-order valence-electron chi connectivity index (χ1n) is 6.83. The molecule has 0 aliphatic carbocycles. The lowest BCUT2D eigenvalue weighted by atomic mass is 9.88. The molecule has 0 spiro atoms. The molecule has 0 radical (unpaired) electrons. The predicted octanol–water partition coefficient (Wildman–Crippen LogP) is 4.39. The van der Waals surface area contributed by atoms with Crippen LogP contribution in [0.3, 0.4) is 0 Å². The van der Waals surface area contributed by atoms with Crippen molar-refractivity contribution in [3.63, 3.8) is 0 Å². The third kappa shape index (κ3) is 3.78. The average Bonchev–Trinajstić information content (AvgIpc) is 2.42. The van der Waals surface area contributed by atoms with Gasteiger partial charge in [0.1, 0.15) is 0 Å². The number of nitrogens with two attached hydrogens (primary N) is 1. The van der Waals surface area contributed by atoms with E-state index in [1.807, 2.05) is 12.1 Å². The standard InChI is InChI=1S/C17H19Cl2NO/c1-10-3-4-12(5-11(10)2)16(9-20)17(21)13-6-14(18)8-15(19)7-13/h3-8,16-17,21H,9,20H2,1-2H3. The number of rotatable bonds is 4. The first-order chi connectivity index (χ1) is 9.92. The molecule has 2 unspecified atom stereocenters. The number of hydrogen-bond acceptors (Lipinski definition) is 2. The Bertz CT molecular complexity index is 622. The Hall–Kier alpha value is -1.06. The molecule has 2 aromatic carbocycles. The number of benzene rings is 2. The molecule has 3 N–H and O–H groups in total. The molecule has 2 aromatic rings. The molecule has 2 nitrogen and oxygen atoms in total. The fourth-order valence-corrected chi connectivity index (χ4v) is 2.96. The van der Waals surface area contributed by atoms with Crippen LogP contribution in [0.4, 0.5) is 0 Å². The second-order valence-corrected chi connectivity index (χ2v) is 6.21. The molecule has 0 amide bonds. The van der Waals surface area contributed by atoms with E-state index in [1.54, 1.807) is 18.2 Å². The van der Waals surface area contributed by atoms with Crippen LogP contribution in [0.5, 0.6) is 0 Å². The van der Waals surface area contributed by atoms with Gasteiger partial charge in [0, 0.05) is 22.5 Å². The number of aryl methyl sites for hydroxylation is 2. The SMILES string of the molecule is Cc1ccc(C(CN)C(O)c2cc(Cl)cc(Cl)c2)cc1C. The van der Waals surface area contributed by atoms with Crippen LogP contribution < -0.4 is 5.73 Å². The van der Waals surface area contributed by atoms with Gasteiger partial charge in [-0.3, -0.25) is 0 Å². The summed E-state index contributed by atoms with van der Waals surface area (Å²) in [4.78, 5) is 0. The molecule has 0 heterocycles. The molecule has 0 aliphatic heterocycles. The van der Waals surface area contributed by atoms with E-state index in [1.165, 1.54) is 11.1 Å². The second-order valence-electron chi connectivity index (χ2n) is 5.33. The molecule has 0 fully saturated rings. The summed E-state index contributed by atoms with van der Waals surface area (Å²) < 4.78 is 0. The lowest BCUT2D eigenvalue weighted by Gasteiger charge is -2.23. The summed E-state index contributed by atoms with van der Waals surface area (Å²) >= 11 is 12.0. The van der Waals surface area contributed by atoms with Crippen LogP contribution in [0.2, 0.25) is 10.0 Å². The van der Waals surface area contributed by atoms with Crippen molar-refractivity contribution in [2.24, 2.45) is 5.73 Å². The van der Waals surface area contributed by atoms with Crippen LogP contribution >= 0.6 is 23.2 Å². The number of hydrogen-bond donors (Lipinski definition) is 2. The zero-order chi connectivity index (χ0) is 15.6. The van der Waals surface area contributed by atoms with Crippen molar-refractivity contribution in [2.45, 2.75) is 25.9 Å². The van der Waals surface area contributed by atoms with Crippen molar-refractivity contribution in [3.05, 3.63) is 68.7 Å². The molecular formula is C17H19Cl2NO. The maximum Gasteiger partial charge on any atom is 0.0871 e. The molecule has 0 saturated carbocycles. The summed E-state index contributed by atoms with van der Waals surface area (Å²) in [5, 5.41) is 11.7. The van der Waals surface area contributed by atoms with Gasteiger partial charge in [0.25, 0.3) is 0 Å². The summed E-state index contributed by atoms with van der Waals surface area (Å²) in [6.07, 6.45) is -0.742. The van der Waals surface area contributed by atoms with E-state index in [0.29, 0.717) is 22.2 Å². The van der Waals surface area contributed by atoms with Gasteiger partial charge in [-0.15, -0.1) is 0 Å². The first-order valence-corrected chi connectivity index (χ1v) is 7.59. The summed E-state index contributed by atoms with van der Waals surface area (Å²) in [5.74, 6) is -0.196. The fourth-order valence-electron chi connectivity index (χ4n) is 2.42. The number of halogens is 2. The fraction of sp³-hybridized carbons (Fsp3) is 0.294. The van der Waals surface area contributed by atoms with E-state index < -0.39 is 6.10 Å². The first kappa shape index (κ1) is 16.3. The average molecular weight is 324 g/mol. The Morgan fingerprint density at radius 3 is 2.10 bits per heavy atom. The van der Waals surface area contributed by atoms with Crippen LogP contribution in [0.15, 0.2) is 36.4 Å². The summed E-state index contributed by atoms with van der Waals surface area (Å²) in [7, 11) is 0. The van der Waals surface area contributed by atoms with E-state index in [4.69, 9.17) is 28.9 Å². The minimum atomic E-state index is -0.742. The number of aliphatic hydroxyl groups is 1. The highest BCUT2D eigenvalue weighted by Gasteiger charge is 2.22. The monoisotopic (exact) mass is 323 g/mol. The maximum atomic E-state index is 10.6.